The lowest BCUT2D eigenvalue weighted by molar-refractivity contribution is -0.137. The van der Waals surface area contributed by atoms with E-state index in [0.717, 1.165) is 0 Å². The van der Waals surface area contributed by atoms with Crippen LogP contribution in [-0.4, -0.2) is 119 Å². The van der Waals surface area contributed by atoms with Crippen molar-refractivity contribution >= 4 is 59.1 Å². The van der Waals surface area contributed by atoms with Crippen LogP contribution >= 0.6 is 0 Å². The molecule has 468 valence electrons. The molecular formula is C64H102N10O10. The number of amides is 10. The Morgan fingerprint density at radius 2 is 0.429 bits per heavy atom. The lowest BCUT2D eigenvalue weighted by atomic mass is 9.96. The first-order valence-corrected chi connectivity index (χ1v) is 30.5. The fraction of sp³-hybridized carbons (Fsp3) is 0.656. The Morgan fingerprint density at radius 3 is 0.631 bits per heavy atom. The van der Waals surface area contributed by atoms with Crippen LogP contribution in [0.15, 0.2) is 60.7 Å². The molecule has 0 saturated carbocycles. The number of carbonyl (C=O) groups excluding carboxylic acids is 10. The number of rotatable bonds is 18. The highest BCUT2D eigenvalue weighted by molar-refractivity contribution is 5.99. The average molecular weight is 1170 g/mol. The van der Waals surface area contributed by atoms with Gasteiger partial charge in [0.2, 0.25) is 59.1 Å². The maximum absolute atomic E-state index is 14.7. The number of benzene rings is 2. The fourth-order valence-electron chi connectivity index (χ4n) is 10.1. The van der Waals surface area contributed by atoms with Gasteiger partial charge >= 0.3 is 0 Å². The third-order valence-corrected chi connectivity index (χ3v) is 14.4. The van der Waals surface area contributed by atoms with Crippen LogP contribution in [0.5, 0.6) is 0 Å². The molecule has 84 heavy (non-hydrogen) atoms. The summed E-state index contributed by atoms with van der Waals surface area (Å²) in [6.07, 6.45) is 0.827. The third kappa shape index (κ3) is 24.8. The third-order valence-electron chi connectivity index (χ3n) is 14.4. The molecule has 3 rings (SSSR count). The van der Waals surface area contributed by atoms with Gasteiger partial charge in [0.15, 0.2) is 0 Å². The molecular weight excluding hydrogens is 1070 g/mol. The van der Waals surface area contributed by atoms with Crippen molar-refractivity contribution in [3.05, 3.63) is 71.8 Å². The predicted octanol–water partition coefficient (Wildman–Crippen LogP) is 4.92. The van der Waals surface area contributed by atoms with Crippen molar-refractivity contribution in [2.75, 3.05) is 0 Å². The summed E-state index contributed by atoms with van der Waals surface area (Å²) < 4.78 is 0. The molecule has 1 heterocycles. The van der Waals surface area contributed by atoms with E-state index in [4.69, 9.17) is 0 Å². The topological polar surface area (TPSA) is 291 Å². The lowest BCUT2D eigenvalue weighted by Gasteiger charge is -2.31. The second-order valence-corrected chi connectivity index (χ2v) is 26.1. The Morgan fingerprint density at radius 1 is 0.250 bits per heavy atom. The van der Waals surface area contributed by atoms with Crippen LogP contribution in [0, 0.1) is 47.3 Å². The first kappa shape index (κ1) is 71.4. The standard InChI is InChI=1S/C64H102N10O10/c1-35(2)27-45-55(75)67-49(31-39(9)10)61(81)73-53(41(13)14)63(83)72-48(30-38(7)8)58(78)70-52(34-44-25-21-18-22-26-44)60(80)66-46(28-36(3)4)56(76)68-50(32-40(11)12)62(82)74-54(42(15)16)64(84)71-47(29-37(5)6)57(77)69-51(59(79)65-45)33-43-23-19-17-20-24-43/h17-26,35-42,45-54H,27-34H2,1-16H3,(H,65,79)(H,66,80)(H,67,75)(H,68,76)(H,69,77)(H,70,78)(H,71,84)(H,72,83)(H,73,81)(H,74,82)/t45-,46-,47-,48-,49+,50+,51-,52-,53-,54-/m0/s1. The predicted molar refractivity (Wildman–Crippen MR) is 326 cm³/mol. The molecule has 1 saturated heterocycles. The van der Waals surface area contributed by atoms with Crippen LogP contribution in [-0.2, 0) is 60.8 Å². The highest BCUT2D eigenvalue weighted by Gasteiger charge is 2.39. The van der Waals surface area contributed by atoms with E-state index in [0.29, 0.717) is 11.1 Å². The van der Waals surface area contributed by atoms with Gasteiger partial charge < -0.3 is 53.2 Å². The molecule has 10 atom stereocenters. The SMILES string of the molecule is CC(C)C[C@@H]1NC(=O)[C@H](Cc2ccccc2)NC(=O)[C@H](CC(C)C)NC(=O)[C@H](C(C)C)NC(=O)[C@@H](CC(C)C)NC(=O)[C@H](CC(C)C)NC(=O)[C@H](Cc2ccccc2)NC(=O)[C@H](CC(C)C)NC(=O)[C@H](C(C)C)NC(=O)[C@@H](CC(C)C)NC1=O. The van der Waals surface area contributed by atoms with Gasteiger partial charge in [-0.2, -0.15) is 0 Å². The fourth-order valence-corrected chi connectivity index (χ4v) is 10.1. The monoisotopic (exact) mass is 1170 g/mol. The van der Waals surface area contributed by atoms with Gasteiger partial charge in [0, 0.05) is 12.8 Å². The largest absolute Gasteiger partial charge is 0.343 e. The van der Waals surface area contributed by atoms with Crippen molar-refractivity contribution in [2.24, 2.45) is 47.3 Å². The van der Waals surface area contributed by atoms with Crippen LogP contribution in [0.3, 0.4) is 0 Å². The zero-order valence-corrected chi connectivity index (χ0v) is 52.9. The van der Waals surface area contributed by atoms with E-state index in [9.17, 15) is 47.9 Å². The van der Waals surface area contributed by atoms with Crippen LogP contribution < -0.4 is 53.2 Å². The lowest BCUT2D eigenvalue weighted by Crippen LogP contribution is -2.62. The number of hydrogen-bond acceptors (Lipinski definition) is 10. The second-order valence-electron chi connectivity index (χ2n) is 26.1. The Kier molecular flexibility index (Phi) is 29.6. The van der Waals surface area contributed by atoms with Crippen molar-refractivity contribution in [1.29, 1.82) is 0 Å². The van der Waals surface area contributed by atoms with Crippen molar-refractivity contribution in [3.63, 3.8) is 0 Å². The first-order valence-electron chi connectivity index (χ1n) is 30.5. The van der Waals surface area contributed by atoms with E-state index < -0.39 is 131 Å². The van der Waals surface area contributed by atoms with Crippen molar-refractivity contribution in [2.45, 2.75) is 223 Å². The molecule has 2 aromatic carbocycles. The molecule has 10 amide bonds. The van der Waals surface area contributed by atoms with Crippen molar-refractivity contribution in [3.8, 4) is 0 Å². The van der Waals surface area contributed by atoms with Gasteiger partial charge in [-0.05, 0) is 97.0 Å². The molecule has 0 radical (unpaired) electrons. The van der Waals surface area contributed by atoms with Gasteiger partial charge in [0.05, 0.1) is 0 Å². The number of hydrogen-bond donors (Lipinski definition) is 10. The van der Waals surface area contributed by atoms with Crippen LogP contribution in [0.1, 0.15) is 160 Å². The minimum atomic E-state index is -1.27. The highest BCUT2D eigenvalue weighted by Crippen LogP contribution is 2.17. The Hall–Kier alpha value is -6.86. The molecule has 0 spiro atoms. The summed E-state index contributed by atoms with van der Waals surface area (Å²) in [4.78, 5) is 146. The molecule has 2 aromatic rings. The Bertz CT molecular complexity index is 2310. The van der Waals surface area contributed by atoms with Gasteiger partial charge in [-0.25, -0.2) is 0 Å². The summed E-state index contributed by atoms with van der Waals surface area (Å²) in [5.74, 6) is -8.73. The molecule has 0 aromatic heterocycles. The normalized spacial score (nSPS) is 25.0. The van der Waals surface area contributed by atoms with E-state index in [1.165, 1.54) is 0 Å². The average Bonchev–Trinajstić information content (AvgIpc) is 3.36. The zero-order valence-electron chi connectivity index (χ0n) is 52.9. The second kappa shape index (κ2) is 34.8. The van der Waals surface area contributed by atoms with E-state index in [1.807, 2.05) is 95.2 Å². The van der Waals surface area contributed by atoms with Crippen LogP contribution in [0.4, 0.5) is 0 Å². The van der Waals surface area contributed by atoms with Crippen LogP contribution in [0.25, 0.3) is 0 Å². The summed E-state index contributed by atoms with van der Waals surface area (Å²) >= 11 is 0. The van der Waals surface area contributed by atoms with Gasteiger partial charge in [-0.1, -0.05) is 171 Å². The molecule has 0 aliphatic carbocycles. The van der Waals surface area contributed by atoms with E-state index >= 15 is 0 Å². The Balaban J connectivity index is 2.29. The maximum Gasteiger partial charge on any atom is 0.243 e. The van der Waals surface area contributed by atoms with Gasteiger partial charge in [0.25, 0.3) is 0 Å². The van der Waals surface area contributed by atoms with Crippen molar-refractivity contribution in [1.82, 2.24) is 53.2 Å². The smallest absolute Gasteiger partial charge is 0.243 e. The maximum atomic E-state index is 14.7. The number of carbonyl (C=O) groups is 10. The van der Waals surface area contributed by atoms with E-state index in [2.05, 4.69) is 53.2 Å². The molecule has 1 aliphatic rings. The molecule has 1 fully saturated rings. The summed E-state index contributed by atoms with van der Waals surface area (Å²) in [6, 6.07) is 5.81. The van der Waals surface area contributed by atoms with E-state index in [1.54, 1.807) is 76.2 Å². The summed E-state index contributed by atoms with van der Waals surface area (Å²) in [5.41, 5.74) is 1.38. The minimum Gasteiger partial charge on any atom is -0.343 e. The van der Waals surface area contributed by atoms with Gasteiger partial charge in [-0.3, -0.25) is 47.9 Å². The minimum absolute atomic E-state index is 0.00287. The quantitative estimate of drug-likeness (QED) is 0.0961. The van der Waals surface area contributed by atoms with Gasteiger partial charge in [-0.15, -0.1) is 0 Å². The molecule has 0 unspecified atom stereocenters. The molecule has 20 heteroatoms. The first-order chi connectivity index (χ1) is 39.3. The Labute approximate surface area is 500 Å². The van der Waals surface area contributed by atoms with Crippen molar-refractivity contribution < 1.29 is 47.9 Å². The summed E-state index contributed by atoms with van der Waals surface area (Å²) in [5, 5.41) is 28.6. The highest BCUT2D eigenvalue weighted by atomic mass is 16.2. The van der Waals surface area contributed by atoms with E-state index in [-0.39, 0.29) is 86.9 Å². The molecule has 10 N–H and O–H groups in total. The molecule has 0 bridgehead atoms. The molecule has 1 aliphatic heterocycles. The number of nitrogens with one attached hydrogen (secondary N) is 10. The molecule has 20 nitrogen and oxygen atoms in total. The summed E-state index contributed by atoms with van der Waals surface area (Å²) in [6.45, 7) is 29.4. The zero-order chi connectivity index (χ0) is 63.1. The van der Waals surface area contributed by atoms with Gasteiger partial charge in [0.1, 0.15) is 60.4 Å². The summed E-state index contributed by atoms with van der Waals surface area (Å²) in [7, 11) is 0. The van der Waals surface area contributed by atoms with Crippen LogP contribution in [0.2, 0.25) is 0 Å².